The zero-order valence-electron chi connectivity index (χ0n) is 15.2. The average Bonchev–Trinajstić information content (AvgIpc) is 3.10. The molecule has 0 fully saturated rings. The smallest absolute Gasteiger partial charge is 0.247 e. The van der Waals surface area contributed by atoms with E-state index in [1.165, 1.54) is 0 Å². The summed E-state index contributed by atoms with van der Waals surface area (Å²) < 4.78 is 50.7. The van der Waals surface area contributed by atoms with Crippen molar-refractivity contribution < 1.29 is 22.0 Å². The predicted octanol–water partition coefficient (Wildman–Crippen LogP) is 4.93. The number of nitrogens with one attached hydrogen (secondary N) is 1. The maximum atomic E-state index is 14.0. The van der Waals surface area contributed by atoms with E-state index >= 15 is 0 Å². The van der Waals surface area contributed by atoms with Gasteiger partial charge in [0.05, 0.1) is 5.69 Å². The number of carbonyl (C=O) groups is 1. The molecule has 1 aromatic heterocycles. The number of hydrogen-bond donors (Lipinski definition) is 1. The van der Waals surface area contributed by atoms with Gasteiger partial charge < -0.3 is 5.32 Å². The molecule has 0 radical (unpaired) electrons. The summed E-state index contributed by atoms with van der Waals surface area (Å²) in [4.78, 5) is 16.2. The third-order valence-corrected chi connectivity index (χ3v) is 7.72. The number of aromatic nitrogens is 1. The number of nitrogens with zero attached hydrogens (tertiary/aromatic N) is 1. The van der Waals surface area contributed by atoms with Crippen LogP contribution < -0.4 is 5.32 Å². The first-order chi connectivity index (χ1) is 13.5. The van der Waals surface area contributed by atoms with Crippen molar-refractivity contribution in [2.24, 2.45) is 0 Å². The van der Waals surface area contributed by atoms with Crippen molar-refractivity contribution in [1.29, 1.82) is 0 Å². The molecule has 0 aliphatic heterocycles. The Morgan fingerprint density at radius 2 is 1.79 bits per heavy atom. The number of thiazole rings is 1. The van der Waals surface area contributed by atoms with E-state index in [9.17, 15) is 22.0 Å². The molecule has 0 atom stereocenters. The quantitative estimate of drug-likeness (QED) is 0.552. The topological polar surface area (TPSA) is 76.1 Å². The molecule has 1 heterocycles. The number of hydrogen-bond acceptors (Lipinski definition) is 5. The van der Waals surface area contributed by atoms with Crippen LogP contribution in [-0.4, -0.2) is 24.1 Å². The van der Waals surface area contributed by atoms with Crippen LogP contribution in [0.15, 0.2) is 52.7 Å². The van der Waals surface area contributed by atoms with E-state index in [4.69, 9.17) is 11.6 Å². The van der Waals surface area contributed by atoms with Gasteiger partial charge in [-0.1, -0.05) is 23.7 Å². The summed E-state index contributed by atoms with van der Waals surface area (Å²) in [5.74, 6) is -3.07. The molecule has 29 heavy (non-hydrogen) atoms. The Kier molecular flexibility index (Phi) is 5.75. The molecule has 0 aliphatic rings. The summed E-state index contributed by atoms with van der Waals surface area (Å²) in [5.41, 5.74) is 1.35. The lowest BCUT2D eigenvalue weighted by molar-refractivity contribution is -0.117. The van der Waals surface area contributed by atoms with Crippen LogP contribution in [0.25, 0.3) is 11.3 Å². The van der Waals surface area contributed by atoms with E-state index in [2.05, 4.69) is 10.3 Å². The van der Waals surface area contributed by atoms with E-state index in [-0.39, 0.29) is 5.13 Å². The minimum atomic E-state index is -4.45. The lowest BCUT2D eigenvalue weighted by Crippen LogP contribution is -2.44. The Labute approximate surface area is 175 Å². The summed E-state index contributed by atoms with van der Waals surface area (Å²) in [6.07, 6.45) is 0. The zero-order valence-corrected chi connectivity index (χ0v) is 17.6. The number of sulfone groups is 1. The fraction of sp³-hybridized carbons (Fsp3) is 0.158. The van der Waals surface area contributed by atoms with Crippen LogP contribution in [0.5, 0.6) is 0 Å². The first kappa shape index (κ1) is 21.4. The molecule has 0 aliphatic carbocycles. The first-order valence-corrected chi connectivity index (χ1v) is 11.0. The number of carbonyl (C=O) groups excluding carboxylic acids is 1. The summed E-state index contributed by atoms with van der Waals surface area (Å²) in [5, 5.41) is 4.90. The fourth-order valence-electron chi connectivity index (χ4n) is 2.42. The maximum Gasteiger partial charge on any atom is 0.247 e. The molecule has 0 saturated carbocycles. The predicted molar refractivity (Wildman–Crippen MR) is 109 cm³/mol. The Balaban J connectivity index is 1.85. The Morgan fingerprint density at radius 1 is 1.14 bits per heavy atom. The van der Waals surface area contributed by atoms with Gasteiger partial charge in [-0.3, -0.25) is 4.79 Å². The zero-order chi connectivity index (χ0) is 21.4. The van der Waals surface area contributed by atoms with E-state index in [1.54, 1.807) is 29.6 Å². The highest BCUT2D eigenvalue weighted by Crippen LogP contribution is 2.31. The van der Waals surface area contributed by atoms with Crippen LogP contribution in [0.1, 0.15) is 13.8 Å². The number of halogens is 3. The largest absolute Gasteiger partial charge is 0.301 e. The Bertz CT molecular complexity index is 1180. The van der Waals surface area contributed by atoms with Crippen molar-refractivity contribution in [1.82, 2.24) is 4.98 Å². The molecular weight excluding hydrogens is 442 g/mol. The highest BCUT2D eigenvalue weighted by molar-refractivity contribution is 7.93. The summed E-state index contributed by atoms with van der Waals surface area (Å²) >= 11 is 6.97. The monoisotopic (exact) mass is 456 g/mol. The van der Waals surface area contributed by atoms with Crippen molar-refractivity contribution >= 4 is 43.8 Å². The molecule has 3 rings (SSSR count). The molecule has 0 saturated heterocycles. The van der Waals surface area contributed by atoms with Gasteiger partial charge in [0.15, 0.2) is 15.0 Å². The van der Waals surface area contributed by atoms with Gasteiger partial charge >= 0.3 is 0 Å². The lowest BCUT2D eigenvalue weighted by atomic mass is 10.2. The lowest BCUT2D eigenvalue weighted by Gasteiger charge is -2.23. The second-order valence-corrected chi connectivity index (χ2v) is 10.3. The van der Waals surface area contributed by atoms with Crippen LogP contribution in [0.2, 0.25) is 5.02 Å². The van der Waals surface area contributed by atoms with Crippen molar-refractivity contribution in [2.75, 3.05) is 5.32 Å². The Morgan fingerprint density at radius 3 is 2.41 bits per heavy atom. The molecule has 152 valence electrons. The summed E-state index contributed by atoms with van der Waals surface area (Å²) in [7, 11) is -4.45. The van der Waals surface area contributed by atoms with E-state index in [1.807, 2.05) is 0 Å². The van der Waals surface area contributed by atoms with Gasteiger partial charge in [-0.15, -0.1) is 11.3 Å². The second-order valence-electron chi connectivity index (χ2n) is 6.59. The molecule has 0 spiro atoms. The Hall–Kier alpha value is -2.36. The van der Waals surface area contributed by atoms with Gasteiger partial charge in [-0.2, -0.15) is 0 Å². The van der Waals surface area contributed by atoms with E-state index in [0.717, 1.165) is 42.9 Å². The van der Waals surface area contributed by atoms with Gasteiger partial charge in [0.2, 0.25) is 5.91 Å². The molecule has 2 aromatic carbocycles. The van der Waals surface area contributed by atoms with Gasteiger partial charge in [0.1, 0.15) is 21.3 Å². The molecular formula is C19H15ClF2N2O3S2. The minimum absolute atomic E-state index is 0.183. The third-order valence-electron chi connectivity index (χ3n) is 4.27. The summed E-state index contributed by atoms with van der Waals surface area (Å²) in [6, 6.07) is 8.99. The van der Waals surface area contributed by atoms with Gasteiger partial charge in [0.25, 0.3) is 0 Å². The van der Waals surface area contributed by atoms with Crippen molar-refractivity contribution in [3.8, 4) is 11.3 Å². The summed E-state index contributed by atoms with van der Waals surface area (Å²) in [6.45, 7) is 2.29. The normalized spacial score (nSPS) is 12.0. The standard InChI is InChI=1S/C19H15ClF2N2O3S2/c1-19(2,29(26,27)16-8-7-13(21)9-14(16)22)17(25)24-18-23-15(10-28-18)11-3-5-12(20)6-4-11/h3-10H,1-2H3,(H,23,24,25). The molecule has 3 aromatic rings. The minimum Gasteiger partial charge on any atom is -0.301 e. The van der Waals surface area contributed by atoms with Crippen molar-refractivity contribution in [3.05, 3.63) is 64.5 Å². The number of amides is 1. The first-order valence-electron chi connectivity index (χ1n) is 8.25. The third kappa shape index (κ3) is 4.17. The van der Waals surface area contributed by atoms with Crippen LogP contribution in [0.4, 0.5) is 13.9 Å². The molecule has 1 amide bonds. The highest BCUT2D eigenvalue weighted by Gasteiger charge is 2.44. The second kappa shape index (κ2) is 7.81. The molecule has 10 heteroatoms. The van der Waals surface area contributed by atoms with Crippen LogP contribution >= 0.6 is 22.9 Å². The van der Waals surface area contributed by atoms with Crippen molar-refractivity contribution in [3.63, 3.8) is 0 Å². The number of benzene rings is 2. The fourth-order valence-corrected chi connectivity index (χ4v) is 4.67. The molecule has 1 N–H and O–H groups in total. The van der Waals surface area contributed by atoms with Gasteiger partial charge in [-0.25, -0.2) is 22.2 Å². The maximum absolute atomic E-state index is 14.0. The average molecular weight is 457 g/mol. The SMILES string of the molecule is CC(C)(C(=O)Nc1nc(-c2ccc(Cl)cc2)cs1)S(=O)(=O)c1ccc(F)cc1F. The van der Waals surface area contributed by atoms with Gasteiger partial charge in [-0.05, 0) is 38.1 Å². The van der Waals surface area contributed by atoms with Crippen LogP contribution in [-0.2, 0) is 14.6 Å². The van der Waals surface area contributed by atoms with E-state index in [0.29, 0.717) is 16.8 Å². The van der Waals surface area contributed by atoms with Crippen LogP contribution in [0, 0.1) is 11.6 Å². The molecule has 0 bridgehead atoms. The van der Waals surface area contributed by atoms with Crippen LogP contribution in [0.3, 0.4) is 0 Å². The number of anilines is 1. The number of rotatable bonds is 5. The molecule has 5 nitrogen and oxygen atoms in total. The van der Waals surface area contributed by atoms with Crippen molar-refractivity contribution in [2.45, 2.75) is 23.5 Å². The van der Waals surface area contributed by atoms with E-state index < -0.39 is 37.0 Å². The van der Waals surface area contributed by atoms with Gasteiger partial charge in [0, 0.05) is 22.0 Å². The highest BCUT2D eigenvalue weighted by atomic mass is 35.5. The molecule has 0 unspecified atom stereocenters.